The van der Waals surface area contributed by atoms with Crippen LogP contribution in [-0.2, 0) is 14.3 Å². The van der Waals surface area contributed by atoms with Crippen LogP contribution in [0.5, 0.6) is 0 Å². The SMILES string of the molecule is CC(C)CNC(=O)[C@@H](C)OC(=O)/C=C/c1nc2ccccc2s1. The first kappa shape index (κ1) is 17.1. The molecule has 0 aliphatic heterocycles. The van der Waals surface area contributed by atoms with Gasteiger partial charge >= 0.3 is 5.97 Å². The molecule has 1 amide bonds. The molecular weight excluding hydrogens is 312 g/mol. The molecule has 0 aliphatic rings. The maximum Gasteiger partial charge on any atom is 0.331 e. The Morgan fingerprint density at radius 2 is 2.04 bits per heavy atom. The molecule has 1 aromatic heterocycles. The van der Waals surface area contributed by atoms with Crippen LogP contribution >= 0.6 is 11.3 Å². The number of carbonyl (C=O) groups is 2. The second-order valence-corrected chi connectivity index (χ2v) is 6.63. The monoisotopic (exact) mass is 332 g/mol. The summed E-state index contributed by atoms with van der Waals surface area (Å²) in [5.41, 5.74) is 0.895. The van der Waals surface area contributed by atoms with Gasteiger partial charge in [0.15, 0.2) is 6.10 Å². The smallest absolute Gasteiger partial charge is 0.331 e. The molecule has 2 rings (SSSR count). The second kappa shape index (κ2) is 7.87. The summed E-state index contributed by atoms with van der Waals surface area (Å²) < 4.78 is 6.14. The van der Waals surface area contributed by atoms with Crippen LogP contribution in [0.25, 0.3) is 16.3 Å². The van der Waals surface area contributed by atoms with E-state index in [9.17, 15) is 9.59 Å². The number of hydrogen-bond acceptors (Lipinski definition) is 5. The first-order chi connectivity index (χ1) is 11.0. The van der Waals surface area contributed by atoms with E-state index in [1.54, 1.807) is 13.0 Å². The lowest BCUT2D eigenvalue weighted by molar-refractivity contribution is -0.150. The zero-order chi connectivity index (χ0) is 16.8. The minimum Gasteiger partial charge on any atom is -0.449 e. The van der Waals surface area contributed by atoms with E-state index < -0.39 is 12.1 Å². The normalized spacial score (nSPS) is 12.7. The summed E-state index contributed by atoms with van der Waals surface area (Å²) >= 11 is 1.49. The predicted molar refractivity (Wildman–Crippen MR) is 92.1 cm³/mol. The number of nitrogens with one attached hydrogen (secondary N) is 1. The number of rotatable bonds is 6. The van der Waals surface area contributed by atoms with E-state index in [1.165, 1.54) is 17.4 Å². The number of ether oxygens (including phenoxy) is 1. The van der Waals surface area contributed by atoms with Gasteiger partial charge in [0.1, 0.15) is 5.01 Å². The Hall–Kier alpha value is -2.21. The van der Waals surface area contributed by atoms with Crippen LogP contribution in [0.2, 0.25) is 0 Å². The largest absolute Gasteiger partial charge is 0.449 e. The number of aromatic nitrogens is 1. The van der Waals surface area contributed by atoms with Gasteiger partial charge in [0.05, 0.1) is 10.2 Å². The average Bonchev–Trinajstić information content (AvgIpc) is 2.93. The minimum atomic E-state index is -0.818. The maximum absolute atomic E-state index is 11.8. The van der Waals surface area contributed by atoms with Gasteiger partial charge in [0.2, 0.25) is 0 Å². The Labute approximate surface area is 139 Å². The van der Waals surface area contributed by atoms with E-state index in [-0.39, 0.29) is 5.91 Å². The molecule has 0 fully saturated rings. The van der Waals surface area contributed by atoms with Crippen LogP contribution in [0.1, 0.15) is 25.8 Å². The number of para-hydroxylation sites is 1. The molecule has 0 aliphatic carbocycles. The summed E-state index contributed by atoms with van der Waals surface area (Å²) in [6.45, 7) is 6.11. The van der Waals surface area contributed by atoms with E-state index in [2.05, 4.69) is 10.3 Å². The van der Waals surface area contributed by atoms with Gasteiger partial charge in [-0.1, -0.05) is 26.0 Å². The summed E-state index contributed by atoms with van der Waals surface area (Å²) in [5, 5.41) is 3.45. The number of hydrogen-bond donors (Lipinski definition) is 1. The number of amides is 1. The Balaban J connectivity index is 1.89. The van der Waals surface area contributed by atoms with Gasteiger partial charge in [0.25, 0.3) is 5.91 Å². The Morgan fingerprint density at radius 1 is 1.30 bits per heavy atom. The Bertz CT molecular complexity index is 688. The third kappa shape index (κ3) is 5.17. The van der Waals surface area contributed by atoms with E-state index in [1.807, 2.05) is 38.1 Å². The van der Waals surface area contributed by atoms with Crippen LogP contribution in [0, 0.1) is 5.92 Å². The van der Waals surface area contributed by atoms with Gasteiger partial charge in [-0.15, -0.1) is 11.3 Å². The highest BCUT2D eigenvalue weighted by Gasteiger charge is 2.16. The van der Waals surface area contributed by atoms with Crippen LogP contribution in [0.15, 0.2) is 30.3 Å². The first-order valence-corrected chi connectivity index (χ1v) is 8.29. The van der Waals surface area contributed by atoms with Crippen molar-refractivity contribution in [3.05, 3.63) is 35.3 Å². The molecule has 1 heterocycles. The molecule has 0 bridgehead atoms. The number of carbonyl (C=O) groups excluding carboxylic acids is 2. The summed E-state index contributed by atoms with van der Waals surface area (Å²) in [5.74, 6) is -0.502. The Morgan fingerprint density at radius 3 is 2.74 bits per heavy atom. The van der Waals surface area contributed by atoms with Crippen molar-refractivity contribution in [1.29, 1.82) is 0 Å². The summed E-state index contributed by atoms with van der Waals surface area (Å²) in [6.07, 6.45) is 2.08. The van der Waals surface area contributed by atoms with Gasteiger partial charge in [-0.3, -0.25) is 4.79 Å². The molecule has 0 saturated heterocycles. The van der Waals surface area contributed by atoms with E-state index in [0.29, 0.717) is 12.5 Å². The number of thiazole rings is 1. The van der Waals surface area contributed by atoms with Crippen LogP contribution < -0.4 is 5.32 Å². The molecule has 0 radical (unpaired) electrons. The first-order valence-electron chi connectivity index (χ1n) is 7.47. The van der Waals surface area contributed by atoms with Crippen molar-refractivity contribution < 1.29 is 14.3 Å². The molecular formula is C17H20N2O3S. The summed E-state index contributed by atoms with van der Waals surface area (Å²) in [4.78, 5) is 27.9. The van der Waals surface area contributed by atoms with Crippen molar-refractivity contribution in [2.45, 2.75) is 26.9 Å². The van der Waals surface area contributed by atoms with Gasteiger partial charge in [-0.2, -0.15) is 0 Å². The van der Waals surface area contributed by atoms with E-state index in [0.717, 1.165) is 15.2 Å². The minimum absolute atomic E-state index is 0.291. The fraction of sp³-hybridized carbons (Fsp3) is 0.353. The number of nitrogens with zero attached hydrogens (tertiary/aromatic N) is 1. The topological polar surface area (TPSA) is 68.3 Å². The van der Waals surface area contributed by atoms with Crippen molar-refractivity contribution in [1.82, 2.24) is 10.3 Å². The van der Waals surface area contributed by atoms with Crippen LogP contribution in [0.3, 0.4) is 0 Å². The third-order valence-corrected chi connectivity index (χ3v) is 4.02. The fourth-order valence-electron chi connectivity index (χ4n) is 1.82. The highest BCUT2D eigenvalue weighted by Crippen LogP contribution is 2.22. The number of esters is 1. The maximum atomic E-state index is 11.8. The predicted octanol–water partition coefficient (Wildman–Crippen LogP) is 3.01. The molecule has 5 nitrogen and oxygen atoms in total. The van der Waals surface area contributed by atoms with Gasteiger partial charge in [-0.25, -0.2) is 9.78 Å². The van der Waals surface area contributed by atoms with E-state index >= 15 is 0 Å². The van der Waals surface area contributed by atoms with Gasteiger partial charge < -0.3 is 10.1 Å². The molecule has 122 valence electrons. The summed E-state index contributed by atoms with van der Waals surface area (Å²) in [7, 11) is 0. The molecule has 2 aromatic rings. The van der Waals surface area contributed by atoms with Crippen molar-refractivity contribution in [2.24, 2.45) is 5.92 Å². The molecule has 1 aromatic carbocycles. The third-order valence-electron chi connectivity index (χ3n) is 3.02. The van der Waals surface area contributed by atoms with Crippen molar-refractivity contribution in [3.8, 4) is 0 Å². The molecule has 0 saturated carbocycles. The van der Waals surface area contributed by atoms with Crippen molar-refractivity contribution in [3.63, 3.8) is 0 Å². The van der Waals surface area contributed by atoms with Crippen molar-refractivity contribution >= 4 is 39.5 Å². The Kier molecular flexibility index (Phi) is 5.87. The molecule has 1 atom stereocenters. The van der Waals surface area contributed by atoms with Gasteiger partial charge in [0, 0.05) is 12.6 Å². The van der Waals surface area contributed by atoms with Crippen molar-refractivity contribution in [2.75, 3.05) is 6.54 Å². The number of fused-ring (bicyclic) bond motifs is 1. The molecule has 6 heteroatoms. The van der Waals surface area contributed by atoms with E-state index in [4.69, 9.17) is 4.74 Å². The summed E-state index contributed by atoms with van der Waals surface area (Å²) in [6, 6.07) is 7.76. The lowest BCUT2D eigenvalue weighted by Gasteiger charge is -2.13. The lowest BCUT2D eigenvalue weighted by Crippen LogP contribution is -2.37. The average molecular weight is 332 g/mol. The number of benzene rings is 1. The molecule has 0 spiro atoms. The van der Waals surface area contributed by atoms with Crippen LogP contribution in [-0.4, -0.2) is 29.5 Å². The quantitative estimate of drug-likeness (QED) is 0.652. The zero-order valence-corrected chi connectivity index (χ0v) is 14.2. The second-order valence-electron chi connectivity index (χ2n) is 5.57. The molecule has 0 unspecified atom stereocenters. The molecule has 23 heavy (non-hydrogen) atoms. The zero-order valence-electron chi connectivity index (χ0n) is 13.4. The highest BCUT2D eigenvalue weighted by atomic mass is 32.1. The highest BCUT2D eigenvalue weighted by molar-refractivity contribution is 7.19. The van der Waals surface area contributed by atoms with Gasteiger partial charge in [-0.05, 0) is 31.1 Å². The molecule has 1 N–H and O–H groups in total. The standard InChI is InChI=1S/C17H20N2O3S/c1-11(2)10-18-17(21)12(3)22-16(20)9-8-15-19-13-6-4-5-7-14(13)23-15/h4-9,11-12H,10H2,1-3H3,(H,18,21)/b9-8+/t12-/m1/s1. The lowest BCUT2D eigenvalue weighted by atomic mass is 10.2. The fourth-order valence-corrected chi connectivity index (χ4v) is 2.69. The van der Waals surface area contributed by atoms with Crippen LogP contribution in [0.4, 0.5) is 0 Å².